The van der Waals surface area contributed by atoms with Gasteiger partial charge in [-0.25, -0.2) is 0 Å². The van der Waals surface area contributed by atoms with E-state index in [4.69, 9.17) is 0 Å². The molecule has 1 aliphatic rings. The van der Waals surface area contributed by atoms with Crippen LogP contribution in [0.5, 0.6) is 0 Å². The van der Waals surface area contributed by atoms with Gasteiger partial charge in [-0.1, -0.05) is 79.1 Å². The minimum Gasteiger partial charge on any atom is -0.435 e. The first-order chi connectivity index (χ1) is 13.0. The van der Waals surface area contributed by atoms with Gasteiger partial charge < -0.3 is 10.0 Å². The van der Waals surface area contributed by atoms with Crippen molar-refractivity contribution in [2.45, 2.75) is 118 Å². The van der Waals surface area contributed by atoms with E-state index in [1.165, 1.54) is 51.4 Å². The van der Waals surface area contributed by atoms with Crippen molar-refractivity contribution >= 4 is 6.09 Å². The van der Waals surface area contributed by atoms with Crippen LogP contribution in [0.25, 0.3) is 0 Å². The van der Waals surface area contributed by atoms with Gasteiger partial charge in [0.15, 0.2) is 6.67 Å². The van der Waals surface area contributed by atoms with Crippen LogP contribution >= 0.6 is 0 Å². The molecule has 1 atom stereocenters. The van der Waals surface area contributed by atoms with Crippen LogP contribution in [0.3, 0.4) is 0 Å². The Morgan fingerprint density at radius 2 is 1.43 bits per heavy atom. The van der Waals surface area contributed by atoms with E-state index in [0.29, 0.717) is 13.2 Å². The third-order valence-electron chi connectivity index (χ3n) is 5.97. The SMILES string of the molecule is CCCCCCCCCCCC[N+]1(C(=O)O)C=CN(C(C)(C)CC(C)(C)C)C1. The molecule has 1 rings (SSSR count). The molecule has 0 saturated heterocycles. The van der Waals surface area contributed by atoms with Gasteiger partial charge in [0.05, 0.1) is 12.7 Å². The molecule has 0 spiro atoms. The highest BCUT2D eigenvalue weighted by molar-refractivity contribution is 5.57. The normalized spacial score (nSPS) is 20.1. The highest BCUT2D eigenvalue weighted by Crippen LogP contribution is 2.35. The van der Waals surface area contributed by atoms with E-state index >= 15 is 0 Å². The molecule has 0 aromatic rings. The van der Waals surface area contributed by atoms with Crippen LogP contribution in [-0.4, -0.2) is 39.3 Å². The van der Waals surface area contributed by atoms with Crippen molar-refractivity contribution in [3.8, 4) is 0 Å². The van der Waals surface area contributed by atoms with Crippen molar-refractivity contribution in [3.63, 3.8) is 0 Å². The van der Waals surface area contributed by atoms with E-state index in [0.717, 1.165) is 19.3 Å². The summed E-state index contributed by atoms with van der Waals surface area (Å²) in [7, 11) is 0. The van der Waals surface area contributed by atoms with Crippen LogP contribution in [0, 0.1) is 5.41 Å². The molecule has 0 bridgehead atoms. The summed E-state index contributed by atoms with van der Waals surface area (Å²) in [5.74, 6) is 0. The van der Waals surface area contributed by atoms with Gasteiger partial charge in [-0.05, 0) is 38.5 Å². The molecule has 0 fully saturated rings. The Balaban J connectivity index is 2.38. The van der Waals surface area contributed by atoms with Crippen molar-refractivity contribution < 1.29 is 14.4 Å². The monoisotopic (exact) mass is 395 g/mol. The lowest BCUT2D eigenvalue weighted by atomic mass is 9.81. The van der Waals surface area contributed by atoms with Crippen molar-refractivity contribution in [2.75, 3.05) is 13.2 Å². The van der Waals surface area contributed by atoms with Gasteiger partial charge in [0.2, 0.25) is 0 Å². The summed E-state index contributed by atoms with van der Waals surface area (Å²) < 4.78 is 0.0601. The van der Waals surface area contributed by atoms with Gasteiger partial charge in [-0.3, -0.25) is 0 Å². The smallest absolute Gasteiger partial charge is 0.435 e. The first-order valence-corrected chi connectivity index (χ1v) is 11.6. The maximum absolute atomic E-state index is 12.1. The highest BCUT2D eigenvalue weighted by Gasteiger charge is 2.44. The summed E-state index contributed by atoms with van der Waals surface area (Å²) in [6, 6.07) is 0. The van der Waals surface area contributed by atoms with Gasteiger partial charge in [-0.2, -0.15) is 9.28 Å². The molecule has 28 heavy (non-hydrogen) atoms. The summed E-state index contributed by atoms with van der Waals surface area (Å²) in [5, 5.41) is 9.92. The predicted molar refractivity (Wildman–Crippen MR) is 119 cm³/mol. The van der Waals surface area contributed by atoms with Gasteiger partial charge in [0, 0.05) is 5.54 Å². The van der Waals surface area contributed by atoms with E-state index in [1.807, 2.05) is 12.4 Å². The maximum atomic E-state index is 12.1. The fourth-order valence-electron chi connectivity index (χ4n) is 4.61. The van der Waals surface area contributed by atoms with Gasteiger partial charge >= 0.3 is 6.09 Å². The van der Waals surface area contributed by atoms with E-state index < -0.39 is 6.09 Å². The van der Waals surface area contributed by atoms with Crippen LogP contribution in [-0.2, 0) is 0 Å². The molecule has 0 aliphatic carbocycles. The van der Waals surface area contributed by atoms with Crippen molar-refractivity contribution in [2.24, 2.45) is 5.41 Å². The number of hydrogen-bond acceptors (Lipinski definition) is 2. The van der Waals surface area contributed by atoms with Crippen LogP contribution in [0.15, 0.2) is 12.4 Å². The number of quaternary nitrogens is 1. The van der Waals surface area contributed by atoms with Crippen molar-refractivity contribution in [3.05, 3.63) is 12.4 Å². The summed E-state index contributed by atoms with van der Waals surface area (Å²) in [6.07, 6.45) is 17.0. The molecule has 1 amide bonds. The zero-order chi connectivity index (χ0) is 21.3. The standard InChI is InChI=1S/C24H46N2O2/c1-7-8-9-10-11-12-13-14-15-16-18-26(22(27)28)19-17-25(21-26)24(5,6)20-23(2,3)4/h17,19H,7-16,18,20-21H2,1-6H3/p+1. The van der Waals surface area contributed by atoms with Crippen LogP contribution in [0.2, 0.25) is 0 Å². The zero-order valence-electron chi connectivity index (χ0n) is 19.6. The minimum absolute atomic E-state index is 0.0397. The third-order valence-corrected chi connectivity index (χ3v) is 5.97. The third kappa shape index (κ3) is 8.55. The number of amides is 1. The number of rotatable bonds is 13. The number of carboxylic acid groups (broad SMARTS) is 1. The second-order valence-electron chi connectivity index (χ2n) is 10.7. The molecule has 4 nitrogen and oxygen atoms in total. The molecule has 164 valence electrons. The van der Waals surface area contributed by atoms with Crippen LogP contribution in [0.4, 0.5) is 4.79 Å². The topological polar surface area (TPSA) is 40.5 Å². The lowest BCUT2D eigenvalue weighted by Gasteiger charge is -2.40. The number of hydrogen-bond donors (Lipinski definition) is 1. The lowest BCUT2D eigenvalue weighted by Crippen LogP contribution is -2.53. The Morgan fingerprint density at radius 3 is 1.89 bits per heavy atom. The number of nitrogens with zero attached hydrogens (tertiary/aromatic N) is 2. The quantitative estimate of drug-likeness (QED) is 0.261. The van der Waals surface area contributed by atoms with Crippen molar-refractivity contribution in [1.29, 1.82) is 0 Å². The van der Waals surface area contributed by atoms with E-state index in [2.05, 4.69) is 46.4 Å². The largest absolute Gasteiger partial charge is 0.519 e. The minimum atomic E-state index is -0.721. The Hall–Kier alpha value is -1.03. The van der Waals surface area contributed by atoms with Gasteiger partial charge in [-0.15, -0.1) is 0 Å². The van der Waals surface area contributed by atoms with E-state index in [9.17, 15) is 9.90 Å². The Kier molecular flexibility index (Phi) is 10.0. The number of carbonyl (C=O) groups is 1. The van der Waals surface area contributed by atoms with E-state index in [-0.39, 0.29) is 15.4 Å². The average molecular weight is 396 g/mol. The first kappa shape index (κ1) is 25.0. The van der Waals surface area contributed by atoms with Crippen LogP contribution in [0.1, 0.15) is 112 Å². The van der Waals surface area contributed by atoms with Crippen molar-refractivity contribution in [1.82, 2.24) is 4.90 Å². The predicted octanol–water partition coefficient (Wildman–Crippen LogP) is 7.36. The molecular formula is C24H47N2O2+. The Labute approximate surface area is 174 Å². The molecule has 0 saturated carbocycles. The Bertz CT molecular complexity index is 493. The molecule has 1 unspecified atom stereocenters. The molecule has 0 aromatic heterocycles. The molecule has 1 heterocycles. The van der Waals surface area contributed by atoms with Gasteiger partial charge in [0.25, 0.3) is 0 Å². The van der Waals surface area contributed by atoms with Gasteiger partial charge in [0.1, 0.15) is 6.20 Å². The molecule has 0 radical (unpaired) electrons. The highest BCUT2D eigenvalue weighted by atomic mass is 16.4. The van der Waals surface area contributed by atoms with Crippen LogP contribution < -0.4 is 0 Å². The van der Waals surface area contributed by atoms with E-state index in [1.54, 1.807) is 0 Å². The molecule has 1 N–H and O–H groups in total. The molecule has 0 aromatic carbocycles. The fraction of sp³-hybridized carbons (Fsp3) is 0.875. The molecular weight excluding hydrogens is 348 g/mol. The second-order valence-corrected chi connectivity index (χ2v) is 10.7. The molecule has 4 heteroatoms. The number of unbranched alkanes of at least 4 members (excludes halogenated alkanes) is 9. The zero-order valence-corrected chi connectivity index (χ0v) is 19.6. The summed E-state index contributed by atoms with van der Waals surface area (Å²) >= 11 is 0. The first-order valence-electron chi connectivity index (χ1n) is 11.6. The Morgan fingerprint density at radius 1 is 0.929 bits per heavy atom. The summed E-state index contributed by atoms with van der Waals surface area (Å²) in [5.41, 5.74) is 0.178. The fourth-order valence-corrected chi connectivity index (χ4v) is 4.61. The average Bonchev–Trinajstić information content (AvgIpc) is 3.01. The molecule has 1 aliphatic heterocycles. The maximum Gasteiger partial charge on any atom is 0.519 e. The lowest BCUT2D eigenvalue weighted by molar-refractivity contribution is -0.809. The second kappa shape index (κ2) is 11.2. The summed E-state index contributed by atoms with van der Waals surface area (Å²) in [4.78, 5) is 14.3. The summed E-state index contributed by atoms with van der Waals surface area (Å²) in [6.45, 7) is 14.7.